The summed E-state index contributed by atoms with van der Waals surface area (Å²) in [6.45, 7) is 2.06. The van der Waals surface area contributed by atoms with Gasteiger partial charge >= 0.3 is 0 Å². The Hall–Kier alpha value is -2.15. The highest BCUT2D eigenvalue weighted by molar-refractivity contribution is 5.94. The van der Waals surface area contributed by atoms with Crippen LogP contribution >= 0.6 is 0 Å². The van der Waals surface area contributed by atoms with Gasteiger partial charge in [0.1, 0.15) is 0 Å². The zero-order valence-electron chi connectivity index (χ0n) is 13.6. The van der Waals surface area contributed by atoms with Crippen molar-refractivity contribution in [1.29, 1.82) is 0 Å². The molecule has 0 saturated carbocycles. The Labute approximate surface area is 135 Å². The molecule has 1 fully saturated rings. The van der Waals surface area contributed by atoms with Crippen molar-refractivity contribution in [2.75, 3.05) is 47.4 Å². The average Bonchev–Trinajstić information content (AvgIpc) is 2.75. The number of carbonyl (C=O) groups excluding carboxylic acids is 2. The molecule has 126 valence electrons. The molecule has 2 rings (SSSR count). The summed E-state index contributed by atoms with van der Waals surface area (Å²) in [5, 5.41) is 2.63. The largest absolute Gasteiger partial charge is 0.494 e. The number of ether oxygens (including phenoxy) is 1. The molecule has 7 heteroatoms. The lowest BCUT2D eigenvalue weighted by Gasteiger charge is -2.23. The van der Waals surface area contributed by atoms with Gasteiger partial charge < -0.3 is 19.9 Å². The highest BCUT2D eigenvalue weighted by Crippen LogP contribution is 2.20. The molecular formula is C16H22FN3O3. The zero-order valence-corrected chi connectivity index (χ0v) is 13.6. The molecule has 1 aromatic rings. The van der Waals surface area contributed by atoms with E-state index in [1.165, 1.54) is 25.3 Å². The van der Waals surface area contributed by atoms with E-state index in [0.717, 1.165) is 0 Å². The fourth-order valence-electron chi connectivity index (χ4n) is 2.71. The number of rotatable bonds is 3. The molecule has 0 radical (unpaired) electrons. The van der Waals surface area contributed by atoms with Crippen LogP contribution < -0.4 is 10.1 Å². The Bertz CT molecular complexity index is 594. The lowest BCUT2D eigenvalue weighted by atomic mass is 10.1. The molecule has 1 N–H and O–H groups in total. The van der Waals surface area contributed by atoms with Crippen molar-refractivity contribution in [3.05, 3.63) is 29.6 Å². The summed E-state index contributed by atoms with van der Waals surface area (Å²) in [5.74, 6) is -1.17. The van der Waals surface area contributed by atoms with Gasteiger partial charge in [0.25, 0.3) is 5.91 Å². The highest BCUT2D eigenvalue weighted by Gasteiger charge is 2.29. The minimum atomic E-state index is -0.576. The molecule has 1 heterocycles. The quantitative estimate of drug-likeness (QED) is 0.884. The number of likely N-dealkylation sites (N-methyl/N-ethyl adjacent to an activating group) is 1. The maximum Gasteiger partial charge on any atom is 0.254 e. The van der Waals surface area contributed by atoms with Gasteiger partial charge in [0.15, 0.2) is 11.6 Å². The van der Waals surface area contributed by atoms with E-state index in [9.17, 15) is 14.0 Å². The van der Waals surface area contributed by atoms with E-state index in [1.54, 1.807) is 11.9 Å². The molecule has 2 amide bonds. The van der Waals surface area contributed by atoms with Crippen LogP contribution in [-0.2, 0) is 4.79 Å². The van der Waals surface area contributed by atoms with E-state index in [1.807, 2.05) is 11.9 Å². The Balaban J connectivity index is 2.19. The van der Waals surface area contributed by atoms with E-state index >= 15 is 0 Å². The van der Waals surface area contributed by atoms with Crippen LogP contribution in [0.4, 0.5) is 4.39 Å². The molecular weight excluding hydrogens is 301 g/mol. The molecule has 0 aromatic heterocycles. The van der Waals surface area contributed by atoms with Crippen LogP contribution in [0.5, 0.6) is 5.75 Å². The lowest BCUT2D eigenvalue weighted by Crippen LogP contribution is -2.41. The molecule has 23 heavy (non-hydrogen) atoms. The van der Waals surface area contributed by atoms with Crippen molar-refractivity contribution in [2.24, 2.45) is 5.92 Å². The summed E-state index contributed by atoms with van der Waals surface area (Å²) >= 11 is 0. The predicted octanol–water partition coefficient (Wildman–Crippen LogP) is 0.584. The third-order valence-corrected chi connectivity index (χ3v) is 4.03. The second-order valence-electron chi connectivity index (χ2n) is 5.67. The fraction of sp³-hybridized carbons (Fsp3) is 0.500. The van der Waals surface area contributed by atoms with Crippen molar-refractivity contribution >= 4 is 11.8 Å². The molecule has 0 aliphatic carbocycles. The number of amides is 2. The van der Waals surface area contributed by atoms with Crippen LogP contribution in [-0.4, -0.2) is 69.0 Å². The van der Waals surface area contributed by atoms with Gasteiger partial charge in [-0.25, -0.2) is 4.39 Å². The van der Waals surface area contributed by atoms with Crippen LogP contribution in [0.15, 0.2) is 18.2 Å². The number of methoxy groups -OCH3 is 1. The summed E-state index contributed by atoms with van der Waals surface area (Å²) < 4.78 is 18.7. The van der Waals surface area contributed by atoms with Crippen molar-refractivity contribution in [3.8, 4) is 5.75 Å². The first kappa shape index (κ1) is 17.2. The van der Waals surface area contributed by atoms with Crippen molar-refractivity contribution < 1.29 is 18.7 Å². The molecule has 1 saturated heterocycles. The molecule has 1 atom stereocenters. The van der Waals surface area contributed by atoms with Gasteiger partial charge in [0.2, 0.25) is 5.91 Å². The normalized spacial score (nSPS) is 19.1. The molecule has 0 bridgehead atoms. The lowest BCUT2D eigenvalue weighted by molar-refractivity contribution is -0.125. The van der Waals surface area contributed by atoms with Gasteiger partial charge in [-0.3, -0.25) is 9.59 Å². The third-order valence-electron chi connectivity index (χ3n) is 4.03. The fourth-order valence-corrected chi connectivity index (χ4v) is 2.71. The summed E-state index contributed by atoms with van der Waals surface area (Å²) in [6, 6.07) is 4.14. The first-order valence-electron chi connectivity index (χ1n) is 7.49. The highest BCUT2D eigenvalue weighted by atomic mass is 19.1. The van der Waals surface area contributed by atoms with Crippen LogP contribution in [0, 0.1) is 11.7 Å². The van der Waals surface area contributed by atoms with Crippen LogP contribution in [0.2, 0.25) is 0 Å². The SMILES string of the molecule is CNC(=O)[C@@H]1CN(C)CCN(C(=O)c2ccc(OC)c(F)c2)C1. The van der Waals surface area contributed by atoms with Gasteiger partial charge in [0, 0.05) is 38.8 Å². The van der Waals surface area contributed by atoms with Gasteiger partial charge in [-0.2, -0.15) is 0 Å². The second kappa shape index (κ2) is 7.41. The predicted molar refractivity (Wildman–Crippen MR) is 83.9 cm³/mol. The van der Waals surface area contributed by atoms with Gasteiger partial charge in [-0.05, 0) is 25.2 Å². The maximum atomic E-state index is 13.8. The molecule has 1 aliphatic heterocycles. The number of carbonyl (C=O) groups is 2. The summed E-state index contributed by atoms with van der Waals surface area (Å²) in [4.78, 5) is 28.2. The Kier molecular flexibility index (Phi) is 5.54. The van der Waals surface area contributed by atoms with E-state index < -0.39 is 5.82 Å². The van der Waals surface area contributed by atoms with E-state index in [-0.39, 0.29) is 29.0 Å². The number of nitrogens with one attached hydrogen (secondary N) is 1. The Morgan fingerprint density at radius 1 is 1.30 bits per heavy atom. The average molecular weight is 323 g/mol. The molecule has 0 spiro atoms. The number of hydrogen-bond acceptors (Lipinski definition) is 4. The minimum absolute atomic E-state index is 0.0976. The summed E-state index contributed by atoms with van der Waals surface area (Å²) in [6.07, 6.45) is 0. The Morgan fingerprint density at radius 3 is 2.65 bits per heavy atom. The van der Waals surface area contributed by atoms with Gasteiger partial charge in [0.05, 0.1) is 13.0 Å². The standard InChI is InChI=1S/C16H22FN3O3/c1-18-15(21)12-9-19(2)6-7-20(10-12)16(22)11-4-5-14(23-3)13(17)8-11/h4-5,8,12H,6-7,9-10H2,1-3H3,(H,18,21)/t12-/m1/s1. The monoisotopic (exact) mass is 323 g/mol. The number of hydrogen-bond donors (Lipinski definition) is 1. The number of halogens is 1. The molecule has 1 aromatic carbocycles. The maximum absolute atomic E-state index is 13.8. The van der Waals surface area contributed by atoms with E-state index in [4.69, 9.17) is 4.74 Å². The number of nitrogens with zero attached hydrogens (tertiary/aromatic N) is 2. The molecule has 0 unspecified atom stereocenters. The smallest absolute Gasteiger partial charge is 0.254 e. The van der Waals surface area contributed by atoms with Crippen LogP contribution in [0.25, 0.3) is 0 Å². The van der Waals surface area contributed by atoms with Crippen molar-refractivity contribution in [1.82, 2.24) is 15.1 Å². The molecule has 6 nitrogen and oxygen atoms in total. The number of benzene rings is 1. The van der Waals surface area contributed by atoms with Crippen molar-refractivity contribution in [2.45, 2.75) is 0 Å². The second-order valence-corrected chi connectivity index (χ2v) is 5.67. The third kappa shape index (κ3) is 3.98. The summed E-state index contributed by atoms with van der Waals surface area (Å²) in [5.41, 5.74) is 0.253. The topological polar surface area (TPSA) is 61.9 Å². The van der Waals surface area contributed by atoms with E-state index in [0.29, 0.717) is 26.2 Å². The summed E-state index contributed by atoms with van der Waals surface area (Å²) in [7, 11) is 4.87. The molecule has 1 aliphatic rings. The first-order valence-corrected chi connectivity index (χ1v) is 7.49. The minimum Gasteiger partial charge on any atom is -0.494 e. The van der Waals surface area contributed by atoms with E-state index in [2.05, 4.69) is 5.32 Å². The van der Waals surface area contributed by atoms with Gasteiger partial charge in [-0.1, -0.05) is 0 Å². The van der Waals surface area contributed by atoms with Gasteiger partial charge in [-0.15, -0.1) is 0 Å². The van der Waals surface area contributed by atoms with Crippen LogP contribution in [0.1, 0.15) is 10.4 Å². The Morgan fingerprint density at radius 2 is 2.04 bits per heavy atom. The van der Waals surface area contributed by atoms with Crippen LogP contribution in [0.3, 0.4) is 0 Å². The van der Waals surface area contributed by atoms with Crippen molar-refractivity contribution in [3.63, 3.8) is 0 Å². The zero-order chi connectivity index (χ0) is 17.0. The first-order chi connectivity index (χ1) is 11.0.